The average molecular weight is 172 g/mol. The molecule has 0 aromatic rings. The fourth-order valence-electron chi connectivity index (χ4n) is 1.11. The van der Waals surface area contributed by atoms with E-state index in [4.69, 9.17) is 9.47 Å². The summed E-state index contributed by atoms with van der Waals surface area (Å²) in [4.78, 5) is 0. The van der Waals surface area contributed by atoms with Gasteiger partial charge < -0.3 is 9.47 Å². The van der Waals surface area contributed by atoms with Crippen LogP contribution in [0.3, 0.4) is 0 Å². The molecule has 0 spiro atoms. The summed E-state index contributed by atoms with van der Waals surface area (Å²) in [5.74, 6) is 0. The SMILES string of the molecule is C=CCC(C)(C)OC(C)OCC. The summed E-state index contributed by atoms with van der Waals surface area (Å²) >= 11 is 0. The number of rotatable bonds is 6. The second-order valence-electron chi connectivity index (χ2n) is 3.39. The second kappa shape index (κ2) is 5.33. The van der Waals surface area contributed by atoms with Gasteiger partial charge in [-0.3, -0.25) is 0 Å². The van der Waals surface area contributed by atoms with Crippen LogP contribution in [0.25, 0.3) is 0 Å². The van der Waals surface area contributed by atoms with Crippen molar-refractivity contribution in [2.45, 2.75) is 46.0 Å². The van der Waals surface area contributed by atoms with Crippen LogP contribution in [0.5, 0.6) is 0 Å². The van der Waals surface area contributed by atoms with Gasteiger partial charge in [0.15, 0.2) is 6.29 Å². The van der Waals surface area contributed by atoms with Crippen LogP contribution in [0.15, 0.2) is 12.7 Å². The first-order valence-corrected chi connectivity index (χ1v) is 4.42. The van der Waals surface area contributed by atoms with E-state index in [0.29, 0.717) is 6.61 Å². The van der Waals surface area contributed by atoms with Gasteiger partial charge in [-0.2, -0.15) is 0 Å². The van der Waals surface area contributed by atoms with Crippen molar-refractivity contribution in [2.24, 2.45) is 0 Å². The Labute approximate surface area is 75.6 Å². The van der Waals surface area contributed by atoms with E-state index in [1.807, 2.05) is 33.8 Å². The van der Waals surface area contributed by atoms with Crippen LogP contribution in [0.1, 0.15) is 34.1 Å². The van der Waals surface area contributed by atoms with Crippen LogP contribution in [-0.2, 0) is 9.47 Å². The molecule has 2 nitrogen and oxygen atoms in total. The van der Waals surface area contributed by atoms with Crippen molar-refractivity contribution in [3.8, 4) is 0 Å². The Morgan fingerprint density at radius 2 is 2.08 bits per heavy atom. The third-order valence-corrected chi connectivity index (χ3v) is 1.52. The summed E-state index contributed by atoms with van der Waals surface area (Å²) < 4.78 is 10.9. The van der Waals surface area contributed by atoms with Gasteiger partial charge in [-0.1, -0.05) is 6.08 Å². The van der Waals surface area contributed by atoms with E-state index in [1.165, 1.54) is 0 Å². The van der Waals surface area contributed by atoms with Crippen LogP contribution in [-0.4, -0.2) is 18.5 Å². The maximum atomic E-state index is 5.63. The highest BCUT2D eigenvalue weighted by Gasteiger charge is 2.19. The molecular weight excluding hydrogens is 152 g/mol. The Morgan fingerprint density at radius 3 is 2.50 bits per heavy atom. The molecule has 0 heterocycles. The molecule has 1 atom stereocenters. The molecule has 0 rings (SSSR count). The van der Waals surface area contributed by atoms with Crippen molar-refractivity contribution in [2.75, 3.05) is 6.61 Å². The van der Waals surface area contributed by atoms with E-state index in [-0.39, 0.29) is 11.9 Å². The topological polar surface area (TPSA) is 18.5 Å². The van der Waals surface area contributed by atoms with E-state index in [9.17, 15) is 0 Å². The number of hydrogen-bond acceptors (Lipinski definition) is 2. The minimum absolute atomic E-state index is 0.134. The first-order chi connectivity index (χ1) is 5.52. The lowest BCUT2D eigenvalue weighted by Gasteiger charge is -2.27. The monoisotopic (exact) mass is 172 g/mol. The summed E-state index contributed by atoms with van der Waals surface area (Å²) in [7, 11) is 0. The fourth-order valence-corrected chi connectivity index (χ4v) is 1.11. The van der Waals surface area contributed by atoms with E-state index < -0.39 is 0 Å². The van der Waals surface area contributed by atoms with Crippen LogP contribution in [0.2, 0.25) is 0 Å². The molecule has 0 aliphatic rings. The first-order valence-electron chi connectivity index (χ1n) is 4.42. The highest BCUT2D eigenvalue weighted by Crippen LogP contribution is 2.17. The summed E-state index contributed by atoms with van der Waals surface area (Å²) in [6.45, 7) is 12.3. The van der Waals surface area contributed by atoms with E-state index in [1.54, 1.807) is 0 Å². The molecule has 1 unspecified atom stereocenters. The lowest BCUT2D eigenvalue weighted by atomic mass is 10.1. The first kappa shape index (κ1) is 11.7. The Morgan fingerprint density at radius 1 is 1.50 bits per heavy atom. The van der Waals surface area contributed by atoms with Gasteiger partial charge in [0.05, 0.1) is 5.60 Å². The molecule has 0 fully saturated rings. The molecule has 0 aromatic carbocycles. The highest BCUT2D eigenvalue weighted by atomic mass is 16.7. The third-order valence-electron chi connectivity index (χ3n) is 1.52. The van der Waals surface area contributed by atoms with Gasteiger partial charge in [0.25, 0.3) is 0 Å². The third kappa shape index (κ3) is 5.33. The zero-order valence-corrected chi connectivity index (χ0v) is 8.59. The van der Waals surface area contributed by atoms with Gasteiger partial charge in [0.1, 0.15) is 0 Å². The molecule has 0 saturated carbocycles. The quantitative estimate of drug-likeness (QED) is 0.453. The standard InChI is InChI=1S/C10H20O2/c1-6-8-10(4,5)12-9(3)11-7-2/h6,9H,1,7-8H2,2-5H3. The molecule has 0 aliphatic heterocycles. The summed E-state index contributed by atoms with van der Waals surface area (Å²) in [5, 5.41) is 0. The van der Waals surface area contributed by atoms with Crippen LogP contribution in [0, 0.1) is 0 Å². The molecular formula is C10H20O2. The van der Waals surface area contributed by atoms with Crippen molar-refractivity contribution in [1.82, 2.24) is 0 Å². The van der Waals surface area contributed by atoms with Crippen molar-refractivity contribution >= 4 is 0 Å². The zero-order chi connectivity index (χ0) is 9.61. The molecule has 72 valence electrons. The van der Waals surface area contributed by atoms with Crippen molar-refractivity contribution in [3.63, 3.8) is 0 Å². The maximum Gasteiger partial charge on any atom is 0.155 e. The molecule has 0 amide bonds. The van der Waals surface area contributed by atoms with Gasteiger partial charge in [-0.05, 0) is 34.1 Å². The van der Waals surface area contributed by atoms with Crippen LogP contribution >= 0.6 is 0 Å². The van der Waals surface area contributed by atoms with Gasteiger partial charge in [0.2, 0.25) is 0 Å². The molecule has 0 aliphatic carbocycles. The summed E-state index contributed by atoms with van der Waals surface area (Å²) in [6, 6.07) is 0. The van der Waals surface area contributed by atoms with Crippen molar-refractivity contribution in [1.29, 1.82) is 0 Å². The Kier molecular flexibility index (Phi) is 5.18. The Balaban J connectivity index is 3.78. The van der Waals surface area contributed by atoms with Crippen LogP contribution in [0.4, 0.5) is 0 Å². The fraction of sp³-hybridized carbons (Fsp3) is 0.800. The predicted octanol–water partition coefficient (Wildman–Crippen LogP) is 2.74. The molecule has 0 radical (unpaired) electrons. The molecule has 0 saturated heterocycles. The van der Waals surface area contributed by atoms with Gasteiger partial charge in [-0.25, -0.2) is 0 Å². The zero-order valence-electron chi connectivity index (χ0n) is 8.59. The van der Waals surface area contributed by atoms with E-state index in [0.717, 1.165) is 6.42 Å². The Hall–Kier alpha value is -0.340. The highest BCUT2D eigenvalue weighted by molar-refractivity contribution is 4.80. The van der Waals surface area contributed by atoms with Gasteiger partial charge >= 0.3 is 0 Å². The van der Waals surface area contributed by atoms with E-state index in [2.05, 4.69) is 6.58 Å². The molecule has 0 aromatic heterocycles. The maximum absolute atomic E-state index is 5.63. The number of hydrogen-bond donors (Lipinski definition) is 0. The lowest BCUT2D eigenvalue weighted by Crippen LogP contribution is -2.30. The number of ether oxygens (including phenoxy) is 2. The molecule has 0 bridgehead atoms. The summed E-state index contributed by atoms with van der Waals surface area (Å²) in [6.07, 6.45) is 2.56. The predicted molar refractivity (Wildman–Crippen MR) is 51.1 cm³/mol. The average Bonchev–Trinajstić information content (AvgIpc) is 1.85. The van der Waals surface area contributed by atoms with E-state index >= 15 is 0 Å². The van der Waals surface area contributed by atoms with Crippen molar-refractivity contribution < 1.29 is 9.47 Å². The minimum atomic E-state index is -0.170. The molecule has 12 heavy (non-hydrogen) atoms. The summed E-state index contributed by atoms with van der Waals surface area (Å²) in [5.41, 5.74) is -0.170. The minimum Gasteiger partial charge on any atom is -0.353 e. The Bertz CT molecular complexity index is 130. The van der Waals surface area contributed by atoms with Crippen LogP contribution < -0.4 is 0 Å². The molecule has 2 heteroatoms. The normalized spacial score (nSPS) is 14.3. The van der Waals surface area contributed by atoms with Gasteiger partial charge in [0, 0.05) is 6.61 Å². The largest absolute Gasteiger partial charge is 0.353 e. The lowest BCUT2D eigenvalue weighted by molar-refractivity contribution is -0.187. The van der Waals surface area contributed by atoms with Gasteiger partial charge in [-0.15, -0.1) is 6.58 Å². The smallest absolute Gasteiger partial charge is 0.155 e. The second-order valence-corrected chi connectivity index (χ2v) is 3.39. The molecule has 0 N–H and O–H groups in total. The van der Waals surface area contributed by atoms with Crippen molar-refractivity contribution in [3.05, 3.63) is 12.7 Å².